The summed E-state index contributed by atoms with van der Waals surface area (Å²) in [7, 11) is 1.47. The van der Waals surface area contributed by atoms with Crippen molar-refractivity contribution in [2.24, 2.45) is 5.92 Å². The number of carbonyl (C=O) groups excluding carboxylic acids is 3. The summed E-state index contributed by atoms with van der Waals surface area (Å²) >= 11 is 0. The lowest BCUT2D eigenvalue weighted by atomic mass is 10.1. The molecule has 8 nitrogen and oxygen atoms in total. The molecule has 1 aliphatic rings. The summed E-state index contributed by atoms with van der Waals surface area (Å²) in [5, 5.41) is 0. The molecular weight excluding hydrogens is 405 g/mol. The number of nitrogens with one attached hydrogen (secondary N) is 2. The first-order valence-corrected chi connectivity index (χ1v) is 9.90. The van der Waals surface area contributed by atoms with E-state index in [9.17, 15) is 18.8 Å². The Labute approximate surface area is 179 Å². The molecule has 31 heavy (non-hydrogen) atoms. The van der Waals surface area contributed by atoms with E-state index in [0.29, 0.717) is 18.1 Å². The van der Waals surface area contributed by atoms with Gasteiger partial charge in [0, 0.05) is 18.5 Å². The van der Waals surface area contributed by atoms with E-state index in [1.807, 2.05) is 6.92 Å². The summed E-state index contributed by atoms with van der Waals surface area (Å²) in [6, 6.07) is 10.6. The van der Waals surface area contributed by atoms with E-state index < -0.39 is 23.5 Å². The van der Waals surface area contributed by atoms with Gasteiger partial charge in [-0.2, -0.15) is 0 Å². The highest BCUT2D eigenvalue weighted by Gasteiger charge is 2.36. The average Bonchev–Trinajstić information content (AvgIpc) is 3.17. The topological polar surface area (TPSA) is 97.0 Å². The molecule has 1 aliphatic heterocycles. The van der Waals surface area contributed by atoms with E-state index in [-0.39, 0.29) is 30.1 Å². The van der Waals surface area contributed by atoms with Gasteiger partial charge < -0.3 is 14.4 Å². The van der Waals surface area contributed by atoms with E-state index in [1.54, 1.807) is 18.2 Å². The molecule has 1 fully saturated rings. The zero-order valence-corrected chi connectivity index (χ0v) is 17.3. The molecule has 0 bridgehead atoms. The minimum atomic E-state index is -0.716. The van der Waals surface area contributed by atoms with E-state index in [4.69, 9.17) is 9.47 Å². The molecule has 2 N–H and O–H groups in total. The van der Waals surface area contributed by atoms with Crippen molar-refractivity contribution in [3.63, 3.8) is 0 Å². The summed E-state index contributed by atoms with van der Waals surface area (Å²) in [6.45, 7) is 2.52. The summed E-state index contributed by atoms with van der Waals surface area (Å²) in [5.74, 6) is -1.78. The molecule has 2 aromatic rings. The van der Waals surface area contributed by atoms with Crippen molar-refractivity contribution in [2.45, 2.75) is 19.8 Å². The van der Waals surface area contributed by atoms with Crippen LogP contribution in [0.4, 0.5) is 10.1 Å². The predicted molar refractivity (Wildman–Crippen MR) is 111 cm³/mol. The highest BCUT2D eigenvalue weighted by atomic mass is 19.1. The Bertz CT molecular complexity index is 981. The maximum absolute atomic E-state index is 14.0. The van der Waals surface area contributed by atoms with Crippen LogP contribution in [-0.2, 0) is 9.59 Å². The Morgan fingerprint density at radius 3 is 2.65 bits per heavy atom. The number of amides is 3. The normalized spacial score (nSPS) is 15.5. The smallest absolute Gasteiger partial charge is 0.269 e. The first-order valence-electron chi connectivity index (χ1n) is 9.90. The summed E-state index contributed by atoms with van der Waals surface area (Å²) in [6.07, 6.45) is 0.753. The second-order valence-electron chi connectivity index (χ2n) is 7.01. The van der Waals surface area contributed by atoms with Crippen LogP contribution in [0.3, 0.4) is 0 Å². The quantitative estimate of drug-likeness (QED) is 0.659. The molecule has 0 spiro atoms. The van der Waals surface area contributed by atoms with Gasteiger partial charge in [-0.05, 0) is 36.8 Å². The van der Waals surface area contributed by atoms with Crippen molar-refractivity contribution in [3.8, 4) is 11.5 Å². The van der Waals surface area contributed by atoms with Crippen molar-refractivity contribution >= 4 is 23.4 Å². The van der Waals surface area contributed by atoms with E-state index in [0.717, 1.165) is 6.42 Å². The third kappa shape index (κ3) is 5.11. The Morgan fingerprint density at radius 2 is 1.94 bits per heavy atom. The number of methoxy groups -OCH3 is 1. The minimum absolute atomic E-state index is 0.0265. The van der Waals surface area contributed by atoms with E-state index in [1.165, 1.54) is 36.3 Å². The van der Waals surface area contributed by atoms with Crippen molar-refractivity contribution in [2.75, 3.05) is 25.2 Å². The first kappa shape index (κ1) is 22.1. The SMILES string of the molecule is CCCOc1ccc(C(=O)NNC(=O)C2CC(=O)N(c3ccccc3F)C2)cc1OC. The zero-order chi connectivity index (χ0) is 22.4. The fourth-order valence-electron chi connectivity index (χ4n) is 3.22. The van der Waals surface area contributed by atoms with Gasteiger partial charge in [-0.3, -0.25) is 25.2 Å². The Hall–Kier alpha value is -3.62. The third-order valence-corrected chi connectivity index (χ3v) is 4.83. The maximum atomic E-state index is 14.0. The van der Waals surface area contributed by atoms with Crippen LogP contribution in [0.5, 0.6) is 11.5 Å². The molecule has 9 heteroatoms. The van der Waals surface area contributed by atoms with Crippen LogP contribution in [-0.4, -0.2) is 38.0 Å². The lowest BCUT2D eigenvalue weighted by Gasteiger charge is -2.17. The summed E-state index contributed by atoms with van der Waals surface area (Å²) < 4.78 is 24.8. The number of para-hydroxylation sites is 1. The molecule has 1 unspecified atom stereocenters. The lowest BCUT2D eigenvalue weighted by molar-refractivity contribution is -0.126. The summed E-state index contributed by atoms with van der Waals surface area (Å²) in [5.41, 5.74) is 5.05. The van der Waals surface area contributed by atoms with Crippen LogP contribution in [0.2, 0.25) is 0 Å². The number of hydrogen-bond donors (Lipinski definition) is 2. The fourth-order valence-corrected chi connectivity index (χ4v) is 3.22. The molecular formula is C22H24FN3O5. The Kier molecular flexibility index (Phi) is 7.07. The van der Waals surface area contributed by atoms with Crippen LogP contribution in [0.1, 0.15) is 30.1 Å². The molecule has 1 atom stereocenters. The number of anilines is 1. The van der Waals surface area contributed by atoms with E-state index in [2.05, 4.69) is 10.9 Å². The fraction of sp³-hybridized carbons (Fsp3) is 0.318. The number of hydrazine groups is 1. The minimum Gasteiger partial charge on any atom is -0.493 e. The van der Waals surface area contributed by atoms with Crippen molar-refractivity contribution in [3.05, 3.63) is 53.8 Å². The highest BCUT2D eigenvalue weighted by molar-refractivity contribution is 6.01. The summed E-state index contributed by atoms with van der Waals surface area (Å²) in [4.78, 5) is 38.3. The van der Waals surface area contributed by atoms with Gasteiger partial charge in [0.1, 0.15) is 5.82 Å². The number of benzene rings is 2. The molecule has 0 aromatic heterocycles. The second-order valence-corrected chi connectivity index (χ2v) is 7.01. The number of nitrogens with zero attached hydrogens (tertiary/aromatic N) is 1. The maximum Gasteiger partial charge on any atom is 0.269 e. The van der Waals surface area contributed by atoms with Crippen LogP contribution < -0.4 is 25.2 Å². The van der Waals surface area contributed by atoms with Gasteiger partial charge in [0.25, 0.3) is 5.91 Å². The Balaban J connectivity index is 1.59. The van der Waals surface area contributed by atoms with Gasteiger partial charge >= 0.3 is 0 Å². The van der Waals surface area contributed by atoms with E-state index >= 15 is 0 Å². The van der Waals surface area contributed by atoms with Gasteiger partial charge in [-0.25, -0.2) is 4.39 Å². The molecule has 0 aliphatic carbocycles. The first-order chi connectivity index (χ1) is 14.9. The van der Waals surface area contributed by atoms with Gasteiger partial charge in [0.05, 0.1) is 25.3 Å². The molecule has 164 valence electrons. The van der Waals surface area contributed by atoms with Crippen molar-refractivity contribution in [1.29, 1.82) is 0 Å². The van der Waals surface area contributed by atoms with Crippen molar-refractivity contribution < 1.29 is 28.2 Å². The highest BCUT2D eigenvalue weighted by Crippen LogP contribution is 2.29. The molecule has 1 saturated heterocycles. The van der Waals surface area contributed by atoms with Crippen LogP contribution in [0.25, 0.3) is 0 Å². The van der Waals surface area contributed by atoms with Crippen molar-refractivity contribution in [1.82, 2.24) is 10.9 Å². The van der Waals surface area contributed by atoms with Gasteiger partial charge in [0.15, 0.2) is 11.5 Å². The molecule has 2 aromatic carbocycles. The Morgan fingerprint density at radius 1 is 1.16 bits per heavy atom. The second kappa shape index (κ2) is 9.92. The average molecular weight is 429 g/mol. The van der Waals surface area contributed by atoms with Crippen LogP contribution >= 0.6 is 0 Å². The molecule has 0 radical (unpaired) electrons. The number of carbonyl (C=O) groups is 3. The number of halogens is 1. The zero-order valence-electron chi connectivity index (χ0n) is 17.3. The largest absolute Gasteiger partial charge is 0.493 e. The van der Waals surface area contributed by atoms with Crippen LogP contribution in [0, 0.1) is 11.7 Å². The molecule has 1 heterocycles. The van der Waals surface area contributed by atoms with Crippen LogP contribution in [0.15, 0.2) is 42.5 Å². The number of rotatable bonds is 7. The monoisotopic (exact) mass is 429 g/mol. The third-order valence-electron chi connectivity index (χ3n) is 4.83. The molecule has 3 amide bonds. The predicted octanol–water partition coefficient (Wildman–Crippen LogP) is 2.44. The van der Waals surface area contributed by atoms with Gasteiger partial charge in [0.2, 0.25) is 11.8 Å². The van der Waals surface area contributed by atoms with Gasteiger partial charge in [-0.15, -0.1) is 0 Å². The number of ether oxygens (including phenoxy) is 2. The lowest BCUT2D eigenvalue weighted by Crippen LogP contribution is -2.45. The standard InChI is InChI=1S/C22H24FN3O5/c1-3-10-31-18-9-8-14(11-19(18)30-2)21(28)24-25-22(29)15-12-20(27)26(13-15)17-7-5-4-6-16(17)23/h4-9,11,15H,3,10,12-13H2,1-2H3,(H,24,28)(H,25,29). The molecule has 0 saturated carbocycles. The molecule has 3 rings (SSSR count). The number of hydrogen-bond acceptors (Lipinski definition) is 5. The van der Waals surface area contributed by atoms with Gasteiger partial charge in [-0.1, -0.05) is 19.1 Å².